The van der Waals surface area contributed by atoms with E-state index in [1.54, 1.807) is 0 Å². The van der Waals surface area contributed by atoms with Crippen molar-refractivity contribution in [3.8, 4) is 0 Å². The second-order valence-corrected chi connectivity index (χ2v) is 5.72. The molecule has 0 spiro atoms. The fourth-order valence-electron chi connectivity index (χ4n) is 2.58. The summed E-state index contributed by atoms with van der Waals surface area (Å²) in [7, 11) is 0. The highest BCUT2D eigenvalue weighted by Crippen LogP contribution is 2.06. The number of morpholine rings is 1. The molecule has 0 aromatic carbocycles. The van der Waals surface area contributed by atoms with Crippen LogP contribution < -0.4 is 5.73 Å². The molecule has 1 rings (SSSR count). The molecule has 0 radical (unpaired) electrons. The molecule has 1 fully saturated rings. The van der Waals surface area contributed by atoms with Gasteiger partial charge in [-0.3, -0.25) is 9.74 Å². The molecule has 5 heteroatoms. The van der Waals surface area contributed by atoms with Crippen molar-refractivity contribution in [3.05, 3.63) is 0 Å². The molecule has 21 heavy (non-hydrogen) atoms. The lowest BCUT2D eigenvalue weighted by Crippen LogP contribution is -2.39. The summed E-state index contributed by atoms with van der Waals surface area (Å²) in [5, 5.41) is 2.11. The van der Waals surface area contributed by atoms with Crippen LogP contribution in [0.5, 0.6) is 0 Å². The SMILES string of the molecule is CCN(CCCCCCCCN)OCCN1CCOCC1. The van der Waals surface area contributed by atoms with Crippen LogP contribution in [0.25, 0.3) is 0 Å². The van der Waals surface area contributed by atoms with Crippen molar-refractivity contribution in [1.82, 2.24) is 9.96 Å². The van der Waals surface area contributed by atoms with Gasteiger partial charge in [-0.05, 0) is 19.4 Å². The first-order valence-electron chi connectivity index (χ1n) is 8.75. The molecule has 0 bridgehead atoms. The predicted molar refractivity (Wildman–Crippen MR) is 87.2 cm³/mol. The Bertz CT molecular complexity index is 224. The van der Waals surface area contributed by atoms with Gasteiger partial charge in [0, 0.05) is 32.7 Å². The molecule has 0 aliphatic carbocycles. The van der Waals surface area contributed by atoms with E-state index in [0.717, 1.165) is 59.1 Å². The van der Waals surface area contributed by atoms with Crippen LogP contribution in [0.4, 0.5) is 0 Å². The number of hydroxylamine groups is 2. The first kappa shape index (κ1) is 18.8. The van der Waals surface area contributed by atoms with Crippen molar-refractivity contribution in [2.24, 2.45) is 5.73 Å². The van der Waals surface area contributed by atoms with Crippen LogP contribution in [-0.2, 0) is 9.57 Å². The topological polar surface area (TPSA) is 51.0 Å². The largest absolute Gasteiger partial charge is 0.379 e. The van der Waals surface area contributed by atoms with Crippen LogP contribution >= 0.6 is 0 Å². The summed E-state index contributed by atoms with van der Waals surface area (Å²) in [5.41, 5.74) is 5.49. The molecule has 5 nitrogen and oxygen atoms in total. The van der Waals surface area contributed by atoms with Crippen LogP contribution in [0.2, 0.25) is 0 Å². The zero-order valence-corrected chi connectivity index (χ0v) is 13.9. The average Bonchev–Trinajstić information content (AvgIpc) is 2.53. The minimum absolute atomic E-state index is 0.796. The van der Waals surface area contributed by atoms with E-state index < -0.39 is 0 Å². The summed E-state index contributed by atoms with van der Waals surface area (Å²) >= 11 is 0. The average molecular weight is 301 g/mol. The van der Waals surface area contributed by atoms with E-state index in [2.05, 4.69) is 16.9 Å². The van der Waals surface area contributed by atoms with Crippen LogP contribution in [0, 0.1) is 0 Å². The van der Waals surface area contributed by atoms with Crippen LogP contribution in [0.1, 0.15) is 45.4 Å². The summed E-state index contributed by atoms with van der Waals surface area (Å²) in [6, 6.07) is 0. The van der Waals surface area contributed by atoms with Gasteiger partial charge < -0.3 is 10.5 Å². The first-order valence-corrected chi connectivity index (χ1v) is 8.75. The molecule has 2 N–H and O–H groups in total. The number of ether oxygens (including phenoxy) is 1. The second-order valence-electron chi connectivity index (χ2n) is 5.72. The van der Waals surface area contributed by atoms with E-state index in [0.29, 0.717) is 0 Å². The first-order chi connectivity index (χ1) is 10.4. The van der Waals surface area contributed by atoms with Gasteiger partial charge >= 0.3 is 0 Å². The Balaban J connectivity index is 1.93. The third-order valence-electron chi connectivity index (χ3n) is 4.00. The summed E-state index contributed by atoms with van der Waals surface area (Å²) in [5.74, 6) is 0. The molecule has 1 aliphatic rings. The fourth-order valence-corrected chi connectivity index (χ4v) is 2.58. The Labute approximate surface area is 130 Å². The molecule has 0 aromatic rings. The number of nitrogens with two attached hydrogens (primary N) is 1. The number of unbranched alkanes of at least 4 members (excludes halogenated alkanes) is 5. The Morgan fingerprint density at radius 2 is 1.71 bits per heavy atom. The van der Waals surface area contributed by atoms with Gasteiger partial charge in [0.15, 0.2) is 0 Å². The van der Waals surface area contributed by atoms with Gasteiger partial charge in [0.2, 0.25) is 0 Å². The maximum Gasteiger partial charge on any atom is 0.0812 e. The highest BCUT2D eigenvalue weighted by Gasteiger charge is 2.10. The van der Waals surface area contributed by atoms with Crippen molar-refractivity contribution in [2.75, 3.05) is 59.1 Å². The summed E-state index contributed by atoms with van der Waals surface area (Å²) in [6.07, 6.45) is 7.63. The Kier molecular flexibility index (Phi) is 12.1. The molecule has 1 saturated heterocycles. The van der Waals surface area contributed by atoms with Gasteiger partial charge in [0.05, 0.1) is 19.8 Å². The number of hydrogen-bond donors (Lipinski definition) is 1. The van der Waals surface area contributed by atoms with Crippen molar-refractivity contribution in [3.63, 3.8) is 0 Å². The Hall–Kier alpha value is -0.200. The van der Waals surface area contributed by atoms with Crippen molar-refractivity contribution < 1.29 is 9.57 Å². The smallest absolute Gasteiger partial charge is 0.0812 e. The fraction of sp³-hybridized carbons (Fsp3) is 1.00. The molecule has 0 saturated carbocycles. The molecule has 1 heterocycles. The minimum atomic E-state index is 0.796. The summed E-state index contributed by atoms with van der Waals surface area (Å²) in [4.78, 5) is 8.28. The lowest BCUT2D eigenvalue weighted by Gasteiger charge is -2.27. The molecule has 126 valence electrons. The molecular formula is C16H35N3O2. The quantitative estimate of drug-likeness (QED) is 0.416. The molecular weight excluding hydrogens is 266 g/mol. The number of nitrogens with zero attached hydrogens (tertiary/aromatic N) is 2. The lowest BCUT2D eigenvalue weighted by atomic mass is 10.1. The third kappa shape index (κ3) is 10.2. The van der Waals surface area contributed by atoms with Gasteiger partial charge in [-0.2, -0.15) is 5.06 Å². The second kappa shape index (κ2) is 13.5. The number of hydrogen-bond acceptors (Lipinski definition) is 5. The Morgan fingerprint density at radius 1 is 1.05 bits per heavy atom. The van der Waals surface area contributed by atoms with E-state index in [1.807, 2.05) is 0 Å². The van der Waals surface area contributed by atoms with E-state index in [9.17, 15) is 0 Å². The van der Waals surface area contributed by atoms with Crippen LogP contribution in [0.3, 0.4) is 0 Å². The molecule has 0 unspecified atom stereocenters. The minimum Gasteiger partial charge on any atom is -0.379 e. The van der Waals surface area contributed by atoms with Gasteiger partial charge in [0.25, 0.3) is 0 Å². The summed E-state index contributed by atoms with van der Waals surface area (Å²) in [6.45, 7) is 10.6. The van der Waals surface area contributed by atoms with Crippen molar-refractivity contribution in [2.45, 2.75) is 45.4 Å². The zero-order chi connectivity index (χ0) is 15.2. The van der Waals surface area contributed by atoms with E-state index >= 15 is 0 Å². The Morgan fingerprint density at radius 3 is 2.38 bits per heavy atom. The molecule has 0 atom stereocenters. The van der Waals surface area contributed by atoms with E-state index in [-0.39, 0.29) is 0 Å². The molecule has 1 aliphatic heterocycles. The standard InChI is InChI=1S/C16H35N3O2/c1-2-19(10-8-6-4-3-5-7-9-17)21-16-13-18-11-14-20-15-12-18/h2-17H2,1H3. The summed E-state index contributed by atoms with van der Waals surface area (Å²) < 4.78 is 5.35. The van der Waals surface area contributed by atoms with E-state index in [4.69, 9.17) is 15.3 Å². The molecule has 0 amide bonds. The van der Waals surface area contributed by atoms with Gasteiger partial charge in [0.1, 0.15) is 0 Å². The maximum absolute atomic E-state index is 5.87. The monoisotopic (exact) mass is 301 g/mol. The van der Waals surface area contributed by atoms with Crippen LogP contribution in [-0.4, -0.2) is 69.1 Å². The van der Waals surface area contributed by atoms with Gasteiger partial charge in [-0.15, -0.1) is 0 Å². The third-order valence-corrected chi connectivity index (χ3v) is 4.00. The van der Waals surface area contributed by atoms with E-state index in [1.165, 1.54) is 38.5 Å². The lowest BCUT2D eigenvalue weighted by molar-refractivity contribution is -0.161. The normalized spacial score (nSPS) is 16.7. The van der Waals surface area contributed by atoms with Crippen molar-refractivity contribution >= 4 is 0 Å². The van der Waals surface area contributed by atoms with Crippen molar-refractivity contribution in [1.29, 1.82) is 0 Å². The molecule has 0 aromatic heterocycles. The predicted octanol–water partition coefficient (Wildman–Crippen LogP) is 1.87. The highest BCUT2D eigenvalue weighted by molar-refractivity contribution is 4.60. The van der Waals surface area contributed by atoms with Gasteiger partial charge in [-0.25, -0.2) is 0 Å². The number of rotatable bonds is 13. The van der Waals surface area contributed by atoms with Gasteiger partial charge in [-0.1, -0.05) is 32.6 Å². The highest BCUT2D eigenvalue weighted by atomic mass is 16.7. The van der Waals surface area contributed by atoms with Crippen LogP contribution in [0.15, 0.2) is 0 Å². The zero-order valence-electron chi connectivity index (χ0n) is 13.9. The maximum atomic E-state index is 5.87.